The number of hydrogen-bond acceptors (Lipinski definition) is 5. The summed E-state index contributed by atoms with van der Waals surface area (Å²) in [6.45, 7) is 4.00. The Kier molecular flexibility index (Phi) is 5.25. The quantitative estimate of drug-likeness (QED) is 0.785. The van der Waals surface area contributed by atoms with Crippen molar-refractivity contribution >= 4 is 22.1 Å². The standard InChI is InChI=1S/C14H20BrN3O2/c1-17-4-6-18(7-5-17)16-10-11-8-13(19-2)14(20-3)9-12(11)15/h8-10H,4-7H2,1-3H3/b16-10-. The van der Waals surface area contributed by atoms with E-state index in [4.69, 9.17) is 9.47 Å². The molecule has 0 aromatic heterocycles. The number of hydrazone groups is 1. The molecule has 1 saturated heterocycles. The average molecular weight is 342 g/mol. The van der Waals surface area contributed by atoms with Gasteiger partial charge in [0.15, 0.2) is 11.5 Å². The van der Waals surface area contributed by atoms with Crippen LogP contribution < -0.4 is 9.47 Å². The minimum atomic E-state index is 0.704. The van der Waals surface area contributed by atoms with Crippen molar-refractivity contribution in [2.24, 2.45) is 5.10 Å². The van der Waals surface area contributed by atoms with Crippen LogP contribution >= 0.6 is 15.9 Å². The Labute approximate surface area is 128 Å². The first-order chi connectivity index (χ1) is 9.63. The van der Waals surface area contributed by atoms with Crippen LogP contribution in [0.25, 0.3) is 0 Å². The molecule has 1 heterocycles. The van der Waals surface area contributed by atoms with Crippen LogP contribution in [0.3, 0.4) is 0 Å². The maximum Gasteiger partial charge on any atom is 0.161 e. The zero-order chi connectivity index (χ0) is 14.5. The predicted molar refractivity (Wildman–Crippen MR) is 83.9 cm³/mol. The van der Waals surface area contributed by atoms with E-state index in [1.54, 1.807) is 14.2 Å². The highest BCUT2D eigenvalue weighted by molar-refractivity contribution is 9.10. The van der Waals surface area contributed by atoms with Gasteiger partial charge in [0.25, 0.3) is 0 Å². The number of hydrogen-bond donors (Lipinski definition) is 0. The third-order valence-corrected chi connectivity index (χ3v) is 4.03. The molecule has 0 aliphatic carbocycles. The summed E-state index contributed by atoms with van der Waals surface area (Å²) >= 11 is 3.53. The molecule has 2 rings (SSSR count). The summed E-state index contributed by atoms with van der Waals surface area (Å²) in [6.07, 6.45) is 1.86. The van der Waals surface area contributed by atoms with Gasteiger partial charge in [0.1, 0.15) is 0 Å². The van der Waals surface area contributed by atoms with Crippen LogP contribution in [0.2, 0.25) is 0 Å². The maximum atomic E-state index is 5.31. The predicted octanol–water partition coefficient (Wildman–Crippen LogP) is 2.05. The SMILES string of the molecule is COc1cc(Br)c(/C=N\N2CCN(C)CC2)cc1OC. The Morgan fingerprint density at radius 3 is 2.30 bits per heavy atom. The van der Waals surface area contributed by atoms with E-state index >= 15 is 0 Å². The van der Waals surface area contributed by atoms with E-state index < -0.39 is 0 Å². The smallest absolute Gasteiger partial charge is 0.161 e. The first kappa shape index (κ1) is 15.1. The first-order valence-electron chi connectivity index (χ1n) is 6.53. The summed E-state index contributed by atoms with van der Waals surface area (Å²) in [5.41, 5.74) is 0.974. The van der Waals surface area contributed by atoms with Crippen LogP contribution in [-0.4, -0.2) is 63.6 Å². The monoisotopic (exact) mass is 341 g/mol. The first-order valence-corrected chi connectivity index (χ1v) is 7.32. The minimum absolute atomic E-state index is 0.704. The number of benzene rings is 1. The van der Waals surface area contributed by atoms with Crippen LogP contribution in [0.4, 0.5) is 0 Å². The average Bonchev–Trinajstić information content (AvgIpc) is 2.47. The Balaban J connectivity index is 2.12. The van der Waals surface area contributed by atoms with Gasteiger partial charge in [-0.05, 0) is 35.1 Å². The number of methoxy groups -OCH3 is 2. The molecule has 1 aromatic carbocycles. The fraction of sp³-hybridized carbons (Fsp3) is 0.500. The van der Waals surface area contributed by atoms with Crippen LogP contribution in [0.1, 0.15) is 5.56 Å². The number of likely N-dealkylation sites (N-methyl/N-ethyl adjacent to an activating group) is 1. The third-order valence-electron chi connectivity index (χ3n) is 3.34. The van der Waals surface area contributed by atoms with Crippen molar-refractivity contribution in [2.45, 2.75) is 0 Å². The fourth-order valence-corrected chi connectivity index (χ4v) is 2.45. The van der Waals surface area contributed by atoms with E-state index in [-0.39, 0.29) is 0 Å². The molecule has 1 aromatic rings. The lowest BCUT2D eigenvalue weighted by Gasteiger charge is -2.30. The van der Waals surface area contributed by atoms with Crippen LogP contribution in [0.15, 0.2) is 21.7 Å². The molecule has 0 bridgehead atoms. The van der Waals surface area contributed by atoms with Crippen LogP contribution in [-0.2, 0) is 0 Å². The largest absolute Gasteiger partial charge is 0.493 e. The topological polar surface area (TPSA) is 37.3 Å². The molecule has 0 atom stereocenters. The molecule has 5 nitrogen and oxygen atoms in total. The van der Waals surface area contributed by atoms with Crippen molar-refractivity contribution in [3.05, 3.63) is 22.2 Å². The molecule has 0 N–H and O–H groups in total. The molecule has 0 amide bonds. The van der Waals surface area contributed by atoms with Gasteiger partial charge >= 0.3 is 0 Å². The van der Waals surface area contributed by atoms with E-state index in [0.29, 0.717) is 11.5 Å². The third kappa shape index (κ3) is 3.64. The second-order valence-corrected chi connectivity index (χ2v) is 5.58. The molecule has 1 fully saturated rings. The minimum Gasteiger partial charge on any atom is -0.493 e. The van der Waals surface area contributed by atoms with E-state index in [1.807, 2.05) is 18.3 Å². The van der Waals surface area contributed by atoms with Gasteiger partial charge in [-0.15, -0.1) is 0 Å². The van der Waals surface area contributed by atoms with E-state index in [1.165, 1.54) is 0 Å². The maximum absolute atomic E-state index is 5.31. The molecule has 0 unspecified atom stereocenters. The lowest BCUT2D eigenvalue weighted by atomic mass is 10.2. The summed E-state index contributed by atoms with van der Waals surface area (Å²) in [7, 11) is 5.39. The number of piperazine rings is 1. The van der Waals surface area contributed by atoms with Gasteiger partial charge in [0.05, 0.1) is 20.4 Å². The van der Waals surface area contributed by atoms with Gasteiger partial charge in [-0.3, -0.25) is 5.01 Å². The molecular formula is C14H20BrN3O2. The van der Waals surface area contributed by atoms with Crippen molar-refractivity contribution < 1.29 is 9.47 Å². The summed E-state index contributed by atoms with van der Waals surface area (Å²) in [5, 5.41) is 6.62. The van der Waals surface area contributed by atoms with Crippen molar-refractivity contribution in [2.75, 3.05) is 47.4 Å². The lowest BCUT2D eigenvalue weighted by Crippen LogP contribution is -2.41. The molecule has 1 aliphatic heterocycles. The molecule has 0 saturated carbocycles. The van der Waals surface area contributed by atoms with Crippen molar-refractivity contribution in [1.82, 2.24) is 9.91 Å². The Bertz CT molecular complexity index is 486. The Morgan fingerprint density at radius 2 is 1.70 bits per heavy atom. The highest BCUT2D eigenvalue weighted by atomic mass is 79.9. The summed E-state index contributed by atoms with van der Waals surface area (Å²) in [4.78, 5) is 2.30. The Morgan fingerprint density at radius 1 is 1.10 bits per heavy atom. The van der Waals surface area contributed by atoms with Gasteiger partial charge in [0, 0.05) is 36.2 Å². The van der Waals surface area contributed by atoms with Gasteiger partial charge in [0.2, 0.25) is 0 Å². The van der Waals surface area contributed by atoms with Crippen molar-refractivity contribution in [3.8, 4) is 11.5 Å². The zero-order valence-corrected chi connectivity index (χ0v) is 13.7. The molecule has 20 heavy (non-hydrogen) atoms. The highest BCUT2D eigenvalue weighted by Crippen LogP contribution is 2.32. The summed E-state index contributed by atoms with van der Waals surface area (Å²) in [5.74, 6) is 1.41. The summed E-state index contributed by atoms with van der Waals surface area (Å²) in [6, 6.07) is 3.81. The molecule has 6 heteroatoms. The normalized spacial score (nSPS) is 16.7. The molecule has 0 spiro atoms. The zero-order valence-electron chi connectivity index (χ0n) is 12.1. The molecule has 0 radical (unpaired) electrons. The second kappa shape index (κ2) is 6.95. The van der Waals surface area contributed by atoms with Crippen molar-refractivity contribution in [1.29, 1.82) is 0 Å². The molecular weight excluding hydrogens is 322 g/mol. The van der Waals surface area contributed by atoms with Gasteiger partial charge in [-0.2, -0.15) is 5.10 Å². The van der Waals surface area contributed by atoms with Gasteiger partial charge in [-0.25, -0.2) is 0 Å². The van der Waals surface area contributed by atoms with Crippen LogP contribution in [0, 0.1) is 0 Å². The van der Waals surface area contributed by atoms with Gasteiger partial charge < -0.3 is 14.4 Å². The van der Waals surface area contributed by atoms with E-state index in [2.05, 4.69) is 38.0 Å². The lowest BCUT2D eigenvalue weighted by molar-refractivity contribution is 0.159. The number of halogens is 1. The summed E-state index contributed by atoms with van der Waals surface area (Å²) < 4.78 is 11.5. The number of nitrogens with zero attached hydrogens (tertiary/aromatic N) is 3. The second-order valence-electron chi connectivity index (χ2n) is 4.73. The fourth-order valence-electron chi connectivity index (χ4n) is 2.02. The van der Waals surface area contributed by atoms with Crippen molar-refractivity contribution in [3.63, 3.8) is 0 Å². The number of ether oxygens (including phenoxy) is 2. The molecule has 1 aliphatic rings. The highest BCUT2D eigenvalue weighted by Gasteiger charge is 2.12. The molecule has 110 valence electrons. The Hall–Kier alpha value is -1.27. The number of rotatable bonds is 4. The van der Waals surface area contributed by atoms with Crippen LogP contribution in [0.5, 0.6) is 11.5 Å². The van der Waals surface area contributed by atoms with E-state index in [9.17, 15) is 0 Å². The van der Waals surface area contributed by atoms with Gasteiger partial charge in [-0.1, -0.05) is 0 Å². The van der Waals surface area contributed by atoms with E-state index in [0.717, 1.165) is 36.2 Å².